The van der Waals surface area contributed by atoms with Crippen molar-refractivity contribution in [3.63, 3.8) is 0 Å². The van der Waals surface area contributed by atoms with Gasteiger partial charge in [-0.1, -0.05) is 29.3 Å². The molecule has 2 aromatic heterocycles. The van der Waals surface area contributed by atoms with E-state index in [2.05, 4.69) is 25.7 Å². The van der Waals surface area contributed by atoms with Crippen molar-refractivity contribution in [2.45, 2.75) is 0 Å². The van der Waals surface area contributed by atoms with Gasteiger partial charge in [-0.15, -0.1) is 5.10 Å². The standard InChI is InChI=1S/C19H13Cl2FN6O/c1-29-17-6-4-13(9-15(17)21)28-10-12(3-7-18-23-26-27-24-18)19(25-28)11-2-5-14(20)16(22)8-11/h2-10H,1H3,(H,23,24,26,27). The molecule has 0 bridgehead atoms. The minimum absolute atomic E-state index is 0.0416. The summed E-state index contributed by atoms with van der Waals surface area (Å²) in [5, 5.41) is 18.6. The zero-order valence-corrected chi connectivity index (χ0v) is 16.5. The molecule has 146 valence electrons. The number of methoxy groups -OCH3 is 1. The minimum atomic E-state index is -0.527. The summed E-state index contributed by atoms with van der Waals surface area (Å²) < 4.78 is 20.9. The predicted octanol–water partition coefficient (Wildman–Crippen LogP) is 4.68. The molecule has 2 aromatic carbocycles. The molecule has 7 nitrogen and oxygen atoms in total. The maximum Gasteiger partial charge on any atom is 0.172 e. The number of halogens is 3. The van der Waals surface area contributed by atoms with Crippen molar-refractivity contribution < 1.29 is 9.13 Å². The van der Waals surface area contributed by atoms with Gasteiger partial charge >= 0.3 is 0 Å². The molecule has 0 unspecified atom stereocenters. The van der Waals surface area contributed by atoms with Crippen molar-refractivity contribution in [1.29, 1.82) is 0 Å². The van der Waals surface area contributed by atoms with Crippen LogP contribution in [0.4, 0.5) is 4.39 Å². The van der Waals surface area contributed by atoms with E-state index >= 15 is 0 Å². The van der Waals surface area contributed by atoms with E-state index in [0.29, 0.717) is 33.5 Å². The molecule has 0 amide bonds. The maximum absolute atomic E-state index is 14.0. The Kier molecular flexibility index (Phi) is 5.28. The summed E-state index contributed by atoms with van der Waals surface area (Å²) in [6.07, 6.45) is 5.26. The topological polar surface area (TPSA) is 81.5 Å². The van der Waals surface area contributed by atoms with E-state index in [1.165, 1.54) is 12.1 Å². The highest BCUT2D eigenvalue weighted by molar-refractivity contribution is 6.32. The number of nitrogens with one attached hydrogen (secondary N) is 1. The van der Waals surface area contributed by atoms with Gasteiger partial charge in [-0.2, -0.15) is 5.10 Å². The molecule has 1 N–H and O–H groups in total. The molecule has 4 rings (SSSR count). The first-order chi connectivity index (χ1) is 14.0. The molecule has 0 aliphatic carbocycles. The van der Waals surface area contributed by atoms with E-state index < -0.39 is 5.82 Å². The van der Waals surface area contributed by atoms with E-state index in [9.17, 15) is 4.39 Å². The van der Waals surface area contributed by atoms with Gasteiger partial charge in [-0.3, -0.25) is 0 Å². The molecule has 0 saturated carbocycles. The summed E-state index contributed by atoms with van der Waals surface area (Å²) in [7, 11) is 1.54. The van der Waals surface area contributed by atoms with Gasteiger partial charge in [0.05, 0.1) is 22.8 Å². The van der Waals surface area contributed by atoms with Crippen molar-refractivity contribution in [3.8, 4) is 22.7 Å². The molecule has 0 aliphatic rings. The Labute approximate surface area is 174 Å². The summed E-state index contributed by atoms with van der Waals surface area (Å²) in [6, 6.07) is 9.82. The zero-order valence-electron chi connectivity index (χ0n) is 15.0. The molecule has 2 heterocycles. The van der Waals surface area contributed by atoms with E-state index in [0.717, 1.165) is 5.56 Å². The molecule has 0 spiro atoms. The maximum atomic E-state index is 14.0. The molecule has 0 aliphatic heterocycles. The average molecular weight is 431 g/mol. The highest BCUT2D eigenvalue weighted by Crippen LogP contribution is 2.30. The highest BCUT2D eigenvalue weighted by atomic mass is 35.5. The smallest absolute Gasteiger partial charge is 0.172 e. The summed E-state index contributed by atoms with van der Waals surface area (Å²) in [6.45, 7) is 0. The quantitative estimate of drug-likeness (QED) is 0.497. The third-order valence-electron chi connectivity index (χ3n) is 4.12. The van der Waals surface area contributed by atoms with Crippen LogP contribution in [-0.2, 0) is 0 Å². The Morgan fingerprint density at radius 2 is 1.97 bits per heavy atom. The number of H-pyrrole nitrogens is 1. The molecule has 4 aromatic rings. The lowest BCUT2D eigenvalue weighted by atomic mass is 10.1. The SMILES string of the molecule is COc1ccc(-n2cc(C=Cc3nnn[nH]3)c(-c3ccc(Cl)c(F)c3)n2)cc1Cl. The second-order valence-electron chi connectivity index (χ2n) is 5.95. The fourth-order valence-electron chi connectivity index (χ4n) is 2.71. The van der Waals surface area contributed by atoms with Gasteiger partial charge in [0, 0.05) is 17.3 Å². The summed E-state index contributed by atoms with van der Waals surface area (Å²) in [5.74, 6) is 0.500. The van der Waals surface area contributed by atoms with Crippen LogP contribution in [0.25, 0.3) is 29.1 Å². The van der Waals surface area contributed by atoms with Crippen LogP contribution in [0.1, 0.15) is 11.4 Å². The Bertz CT molecular complexity index is 1190. The molecule has 10 heteroatoms. The summed E-state index contributed by atoms with van der Waals surface area (Å²) in [5.41, 5.74) is 2.55. The second-order valence-corrected chi connectivity index (χ2v) is 6.76. The van der Waals surface area contributed by atoms with Gasteiger partial charge in [0.2, 0.25) is 0 Å². The van der Waals surface area contributed by atoms with Crippen LogP contribution < -0.4 is 4.74 Å². The summed E-state index contributed by atoms with van der Waals surface area (Å²) in [4.78, 5) is 0. The normalized spacial score (nSPS) is 11.3. The van der Waals surface area contributed by atoms with Crippen LogP contribution in [0.5, 0.6) is 5.75 Å². The highest BCUT2D eigenvalue weighted by Gasteiger charge is 2.14. The van der Waals surface area contributed by atoms with Crippen molar-refractivity contribution in [2.75, 3.05) is 7.11 Å². The second kappa shape index (κ2) is 8.02. The third kappa shape index (κ3) is 3.98. The number of ether oxygens (including phenoxy) is 1. The first kappa shape index (κ1) is 19.1. The zero-order chi connectivity index (χ0) is 20.4. The lowest BCUT2D eigenvalue weighted by Gasteiger charge is -2.06. The number of nitrogens with zero attached hydrogens (tertiary/aromatic N) is 5. The first-order valence-electron chi connectivity index (χ1n) is 8.36. The van der Waals surface area contributed by atoms with Gasteiger partial charge in [0.15, 0.2) is 5.82 Å². The van der Waals surface area contributed by atoms with Crippen LogP contribution in [0.3, 0.4) is 0 Å². The predicted molar refractivity (Wildman–Crippen MR) is 109 cm³/mol. The number of rotatable bonds is 5. The minimum Gasteiger partial charge on any atom is -0.495 e. The Balaban J connectivity index is 1.81. The lowest BCUT2D eigenvalue weighted by molar-refractivity contribution is 0.415. The lowest BCUT2D eigenvalue weighted by Crippen LogP contribution is -1.96. The molecular formula is C19H13Cl2FN6O. The Morgan fingerprint density at radius 1 is 1.10 bits per heavy atom. The molecule has 0 radical (unpaired) electrons. The number of hydrogen-bond acceptors (Lipinski definition) is 5. The van der Waals surface area contributed by atoms with E-state index in [-0.39, 0.29) is 5.02 Å². The monoisotopic (exact) mass is 430 g/mol. The van der Waals surface area contributed by atoms with E-state index in [4.69, 9.17) is 27.9 Å². The van der Waals surface area contributed by atoms with E-state index in [1.807, 2.05) is 6.07 Å². The van der Waals surface area contributed by atoms with Crippen LogP contribution in [0.15, 0.2) is 42.6 Å². The number of benzene rings is 2. The van der Waals surface area contributed by atoms with Crippen molar-refractivity contribution in [1.82, 2.24) is 30.4 Å². The van der Waals surface area contributed by atoms with Crippen LogP contribution >= 0.6 is 23.2 Å². The van der Waals surface area contributed by atoms with Gasteiger partial charge in [-0.25, -0.2) is 14.2 Å². The van der Waals surface area contributed by atoms with Gasteiger partial charge < -0.3 is 4.74 Å². The fraction of sp³-hybridized carbons (Fsp3) is 0.0526. The van der Waals surface area contributed by atoms with Crippen LogP contribution in [0.2, 0.25) is 10.0 Å². The Morgan fingerprint density at radius 3 is 2.66 bits per heavy atom. The van der Waals surface area contributed by atoms with Crippen molar-refractivity contribution in [2.24, 2.45) is 0 Å². The van der Waals surface area contributed by atoms with Crippen LogP contribution in [-0.4, -0.2) is 37.5 Å². The molecule has 0 saturated heterocycles. The molecule has 0 fully saturated rings. The van der Waals surface area contributed by atoms with Gasteiger partial charge in [0.25, 0.3) is 0 Å². The van der Waals surface area contributed by atoms with Crippen molar-refractivity contribution >= 4 is 35.4 Å². The molecular weight excluding hydrogens is 418 g/mol. The largest absolute Gasteiger partial charge is 0.495 e. The average Bonchev–Trinajstić information content (AvgIpc) is 3.38. The number of hydrogen-bond donors (Lipinski definition) is 1. The van der Waals surface area contributed by atoms with Crippen LogP contribution in [0, 0.1) is 5.82 Å². The number of aromatic nitrogens is 6. The molecule has 29 heavy (non-hydrogen) atoms. The summed E-state index contributed by atoms with van der Waals surface area (Å²) >= 11 is 12.1. The first-order valence-corrected chi connectivity index (χ1v) is 9.11. The van der Waals surface area contributed by atoms with Gasteiger partial charge in [0.1, 0.15) is 17.3 Å². The third-order valence-corrected chi connectivity index (χ3v) is 4.72. The molecule has 0 atom stereocenters. The van der Waals surface area contributed by atoms with E-state index in [1.54, 1.807) is 48.3 Å². The fourth-order valence-corrected chi connectivity index (χ4v) is 3.08. The Hall–Kier alpha value is -3.23. The van der Waals surface area contributed by atoms with Crippen molar-refractivity contribution in [3.05, 3.63) is 69.8 Å². The number of aromatic amines is 1. The van der Waals surface area contributed by atoms with Gasteiger partial charge in [-0.05, 0) is 52.9 Å². The number of tetrazole rings is 1.